The van der Waals surface area contributed by atoms with E-state index in [1.165, 1.54) is 0 Å². The summed E-state index contributed by atoms with van der Waals surface area (Å²) in [6, 6.07) is 0. The van der Waals surface area contributed by atoms with Gasteiger partial charge in [-0.3, -0.25) is 33.6 Å². The van der Waals surface area contributed by atoms with Crippen LogP contribution in [0.1, 0.15) is 57.9 Å². The molecule has 2 saturated heterocycles. The third kappa shape index (κ3) is 10.4. The molecule has 1 N–H and O–H groups in total. The standard InChI is InChI=1S/C26H36O18/c1-10(28)35-9-18-20(36-11(2)29)22(38-13(4)31)24(40-15(6)33)26(43-18)44-19-17(8-27)42-25(41-16(7)34)23(39-14(5)32)21(19)37-12(3)30/h17-27H,8-9H2,1-7H3/t17-,18-,19-,20+,21+,22+,23-,24-,25?,26+/m1/s1/i1D,2D,3D,4D,5D,6D,7D. The predicted molar refractivity (Wildman–Crippen MR) is 135 cm³/mol. The molecule has 18 heteroatoms. The van der Waals surface area contributed by atoms with Crippen molar-refractivity contribution in [3.8, 4) is 0 Å². The quantitative estimate of drug-likeness (QED) is 0.201. The van der Waals surface area contributed by atoms with E-state index >= 15 is 0 Å². The largest absolute Gasteiger partial charge is 0.463 e. The topological polar surface area (TPSA) is 232 Å². The van der Waals surface area contributed by atoms with Crippen LogP contribution < -0.4 is 0 Å². The molecule has 0 spiro atoms. The summed E-state index contributed by atoms with van der Waals surface area (Å²) in [6.45, 7) is -9.00. The van der Waals surface area contributed by atoms with Gasteiger partial charge in [0, 0.05) is 57.9 Å². The molecule has 2 heterocycles. The molecule has 2 rings (SSSR count). The summed E-state index contributed by atoms with van der Waals surface area (Å²) in [6.07, 6.45) is -19.6. The molecule has 0 radical (unpaired) electrons. The first-order valence-corrected chi connectivity index (χ1v) is 12.2. The van der Waals surface area contributed by atoms with E-state index in [1.807, 2.05) is 0 Å². The lowest BCUT2D eigenvalue weighted by Gasteiger charge is -2.48. The van der Waals surface area contributed by atoms with Gasteiger partial charge in [-0.2, -0.15) is 0 Å². The highest BCUT2D eigenvalue weighted by molar-refractivity contribution is 5.69. The predicted octanol–water partition coefficient (Wildman–Crippen LogP) is -1.40. The summed E-state index contributed by atoms with van der Waals surface area (Å²) in [4.78, 5) is 85.8. The van der Waals surface area contributed by atoms with Crippen molar-refractivity contribution in [2.75, 3.05) is 13.2 Å². The minimum atomic E-state index is -2.14. The first kappa shape index (κ1) is 26.5. The normalized spacial score (nSPS) is 33.5. The molecule has 2 fully saturated rings. The molecule has 0 aromatic heterocycles. The van der Waals surface area contributed by atoms with E-state index in [-0.39, 0.29) is 0 Å². The molecule has 18 nitrogen and oxygen atoms in total. The number of hydrogen-bond acceptors (Lipinski definition) is 18. The van der Waals surface area contributed by atoms with Crippen molar-refractivity contribution in [2.24, 2.45) is 0 Å². The van der Waals surface area contributed by atoms with Crippen molar-refractivity contribution in [3.05, 3.63) is 0 Å². The first-order valence-electron chi connectivity index (χ1n) is 17.2. The molecule has 44 heavy (non-hydrogen) atoms. The van der Waals surface area contributed by atoms with E-state index in [0.717, 1.165) is 0 Å². The Morgan fingerprint density at radius 3 is 1.43 bits per heavy atom. The minimum absolute atomic E-state index is 0.877. The van der Waals surface area contributed by atoms with Gasteiger partial charge in [-0.05, 0) is 0 Å². The molecule has 0 amide bonds. The lowest BCUT2D eigenvalue weighted by atomic mass is 9.96. The van der Waals surface area contributed by atoms with Crippen molar-refractivity contribution < 1.29 is 95.6 Å². The average Bonchev–Trinajstić information content (AvgIpc) is 3.13. The lowest BCUT2D eigenvalue weighted by Crippen LogP contribution is -2.67. The summed E-state index contributed by atoms with van der Waals surface area (Å²) in [7, 11) is 0. The van der Waals surface area contributed by atoms with Gasteiger partial charge in [-0.1, -0.05) is 0 Å². The van der Waals surface area contributed by atoms with Crippen LogP contribution in [0.4, 0.5) is 0 Å². The van der Waals surface area contributed by atoms with Gasteiger partial charge in [-0.15, -0.1) is 0 Å². The number of carbonyl (C=O) groups is 7. The molecule has 0 bridgehead atoms. The van der Waals surface area contributed by atoms with Crippen molar-refractivity contribution in [1.82, 2.24) is 0 Å². The Kier molecular flexibility index (Phi) is 9.81. The Morgan fingerprint density at radius 2 is 0.932 bits per heavy atom. The molecular formula is C26H36O18. The summed E-state index contributed by atoms with van der Waals surface area (Å²) in [5.74, 6) is -8.86. The van der Waals surface area contributed by atoms with Crippen LogP contribution in [0.25, 0.3) is 0 Å². The zero-order valence-electron chi connectivity index (χ0n) is 30.0. The average molecular weight is 644 g/mol. The van der Waals surface area contributed by atoms with Crippen LogP contribution in [-0.4, -0.2) is 122 Å². The number of carbonyl (C=O) groups excluding carboxylic acids is 7. The van der Waals surface area contributed by atoms with Crippen LogP contribution in [-0.2, 0) is 80.9 Å². The molecule has 10 atom stereocenters. The fourth-order valence-corrected chi connectivity index (χ4v) is 4.29. The van der Waals surface area contributed by atoms with Gasteiger partial charge in [0.25, 0.3) is 0 Å². The molecule has 0 aromatic rings. The number of ether oxygens (including phenoxy) is 10. The Bertz CT molecular complexity index is 1230. The third-order valence-corrected chi connectivity index (χ3v) is 5.65. The summed E-state index contributed by atoms with van der Waals surface area (Å²) < 4.78 is 105. The van der Waals surface area contributed by atoms with Crippen LogP contribution in [0.3, 0.4) is 0 Å². The Labute approximate surface area is 261 Å². The van der Waals surface area contributed by atoms with E-state index in [4.69, 9.17) is 57.0 Å². The maximum absolute atomic E-state index is 12.5. The van der Waals surface area contributed by atoms with Crippen LogP contribution in [0.5, 0.6) is 0 Å². The van der Waals surface area contributed by atoms with E-state index in [9.17, 15) is 38.7 Å². The zero-order valence-corrected chi connectivity index (χ0v) is 23.0. The van der Waals surface area contributed by atoms with E-state index in [2.05, 4.69) is 0 Å². The van der Waals surface area contributed by atoms with Gasteiger partial charge >= 0.3 is 41.8 Å². The highest BCUT2D eigenvalue weighted by Crippen LogP contribution is 2.35. The van der Waals surface area contributed by atoms with Crippen LogP contribution in [0.15, 0.2) is 0 Å². The van der Waals surface area contributed by atoms with E-state index in [1.54, 1.807) is 0 Å². The second-order valence-electron chi connectivity index (χ2n) is 8.81. The van der Waals surface area contributed by atoms with Gasteiger partial charge in [0.2, 0.25) is 12.4 Å². The molecular weight excluding hydrogens is 600 g/mol. The lowest BCUT2D eigenvalue weighted by molar-refractivity contribution is -0.357. The first-order chi connectivity index (χ1) is 24.3. The monoisotopic (exact) mass is 643 g/mol. The molecule has 0 saturated carbocycles. The number of aliphatic hydroxyl groups is 1. The van der Waals surface area contributed by atoms with Crippen LogP contribution >= 0.6 is 0 Å². The Balaban J connectivity index is 2.77. The SMILES string of the molecule is [2H]CC(=O)OC[C@H]1O[C@@H](O[C@H]2[C@H](OC(=O)C[2H])[C@@H](OC(=O)C[2H])C(OC(=O)C[2H])O[C@@H]2CO)[C@H](OC(=O)C[2H])[C@@H](OC(=O)C[2H])[C@H]1OC(=O)C[2H]. The highest BCUT2D eigenvalue weighted by atomic mass is 16.8. The van der Waals surface area contributed by atoms with E-state index < -0.39 is 165 Å². The van der Waals surface area contributed by atoms with Gasteiger partial charge in [0.15, 0.2) is 30.7 Å². The summed E-state index contributed by atoms with van der Waals surface area (Å²) in [5, 5.41) is 10.3. The Hall–Kier alpha value is -3.87. The van der Waals surface area contributed by atoms with Crippen LogP contribution in [0.2, 0.25) is 0 Å². The van der Waals surface area contributed by atoms with Gasteiger partial charge in [0.05, 0.1) is 6.61 Å². The van der Waals surface area contributed by atoms with Gasteiger partial charge in [-0.25, -0.2) is 0 Å². The summed E-state index contributed by atoms with van der Waals surface area (Å²) in [5.41, 5.74) is 0. The molecule has 0 aromatic carbocycles. The highest BCUT2D eigenvalue weighted by Gasteiger charge is 2.57. The van der Waals surface area contributed by atoms with Crippen molar-refractivity contribution in [1.29, 1.82) is 0 Å². The minimum Gasteiger partial charge on any atom is -0.463 e. The number of rotatable bonds is 11. The molecule has 248 valence electrons. The maximum atomic E-state index is 12.5. The van der Waals surface area contributed by atoms with Gasteiger partial charge in [0.1, 0.15) is 24.9 Å². The molecule has 0 aliphatic carbocycles. The smallest absolute Gasteiger partial charge is 0.305 e. The molecule has 2 aliphatic heterocycles. The molecule has 1 unspecified atom stereocenters. The number of esters is 7. The summed E-state index contributed by atoms with van der Waals surface area (Å²) >= 11 is 0. The third-order valence-electron chi connectivity index (χ3n) is 5.65. The van der Waals surface area contributed by atoms with Crippen LogP contribution in [0, 0.1) is 0 Å². The van der Waals surface area contributed by atoms with Crippen molar-refractivity contribution in [2.45, 2.75) is 110 Å². The molecule has 2 aliphatic rings. The number of aliphatic hydroxyl groups excluding tert-OH is 1. The fraction of sp³-hybridized carbons (Fsp3) is 0.731. The van der Waals surface area contributed by atoms with Crippen molar-refractivity contribution in [3.63, 3.8) is 0 Å². The van der Waals surface area contributed by atoms with Gasteiger partial charge < -0.3 is 52.5 Å². The zero-order chi connectivity index (χ0) is 38.2. The number of hydrogen-bond donors (Lipinski definition) is 1. The maximum Gasteiger partial charge on any atom is 0.305 e. The Morgan fingerprint density at radius 1 is 0.523 bits per heavy atom. The fourth-order valence-electron chi connectivity index (χ4n) is 4.29. The van der Waals surface area contributed by atoms with E-state index in [0.29, 0.717) is 0 Å². The van der Waals surface area contributed by atoms with Crippen molar-refractivity contribution >= 4 is 41.8 Å². The second kappa shape index (κ2) is 16.3. The second-order valence-corrected chi connectivity index (χ2v) is 8.81.